The number of ether oxygens (including phenoxy) is 2. The highest BCUT2D eigenvalue weighted by molar-refractivity contribution is 8.00. The third-order valence-corrected chi connectivity index (χ3v) is 7.18. The summed E-state index contributed by atoms with van der Waals surface area (Å²) in [7, 11) is 1.60. The minimum absolute atomic E-state index is 0.140. The highest BCUT2D eigenvalue weighted by Gasteiger charge is 2.28. The van der Waals surface area contributed by atoms with E-state index in [0.717, 1.165) is 22.4 Å². The van der Waals surface area contributed by atoms with Crippen LogP contribution in [0.25, 0.3) is 11.4 Å². The van der Waals surface area contributed by atoms with E-state index in [1.165, 1.54) is 11.8 Å². The summed E-state index contributed by atoms with van der Waals surface area (Å²) in [6.07, 6.45) is 2.12. The largest absolute Gasteiger partial charge is 0.496 e. The van der Waals surface area contributed by atoms with Gasteiger partial charge in [0.05, 0.1) is 36.3 Å². The Morgan fingerprint density at radius 2 is 1.89 bits per heavy atom. The number of hydrogen-bond donors (Lipinski definition) is 2. The lowest BCUT2D eigenvalue weighted by Gasteiger charge is -2.24. The number of nitrogens with zero attached hydrogens (tertiary/aromatic N) is 3. The van der Waals surface area contributed by atoms with Crippen molar-refractivity contribution in [2.75, 3.05) is 18.2 Å². The number of aromatic nitrogens is 3. The first-order chi connectivity index (χ1) is 18.0. The summed E-state index contributed by atoms with van der Waals surface area (Å²) in [6, 6.07) is 15.1. The Kier molecular flexibility index (Phi) is 7.07. The number of aliphatic hydroxyl groups excluding tert-OH is 1. The van der Waals surface area contributed by atoms with E-state index in [1.54, 1.807) is 13.3 Å². The van der Waals surface area contributed by atoms with E-state index in [1.807, 2.05) is 62.4 Å². The monoisotopic (exact) mass is 514 g/mol. The topological polar surface area (TPSA) is 106 Å². The van der Waals surface area contributed by atoms with Crippen molar-refractivity contribution in [1.82, 2.24) is 15.0 Å². The highest BCUT2D eigenvalue weighted by Crippen LogP contribution is 2.43. The maximum absolute atomic E-state index is 12.8. The van der Waals surface area contributed by atoms with Crippen LogP contribution in [0.2, 0.25) is 0 Å². The second-order valence-corrected chi connectivity index (χ2v) is 9.57. The predicted octanol–water partition coefficient (Wildman–Crippen LogP) is 5.08. The number of anilines is 1. The van der Waals surface area contributed by atoms with Crippen molar-refractivity contribution in [2.45, 2.75) is 31.9 Å². The molecule has 2 N–H and O–H groups in total. The number of rotatable bonds is 7. The molecule has 0 saturated heterocycles. The molecule has 1 amide bonds. The van der Waals surface area contributed by atoms with Gasteiger partial charge in [0.1, 0.15) is 10.8 Å². The third kappa shape index (κ3) is 5.00. The van der Waals surface area contributed by atoms with Gasteiger partial charge in [0.15, 0.2) is 11.6 Å². The van der Waals surface area contributed by atoms with Gasteiger partial charge in [0.2, 0.25) is 11.8 Å². The van der Waals surface area contributed by atoms with E-state index in [4.69, 9.17) is 19.4 Å². The number of benzene rings is 2. The van der Waals surface area contributed by atoms with Crippen molar-refractivity contribution in [1.29, 1.82) is 0 Å². The number of hydrogen-bond acceptors (Lipinski definition) is 8. The summed E-state index contributed by atoms with van der Waals surface area (Å²) in [5.41, 5.74) is 5.50. The molecule has 0 saturated carbocycles. The molecule has 8 nitrogen and oxygen atoms in total. The molecule has 0 bridgehead atoms. The van der Waals surface area contributed by atoms with Gasteiger partial charge in [-0.2, -0.15) is 4.98 Å². The average Bonchev–Trinajstić information content (AvgIpc) is 2.92. The molecule has 0 fully saturated rings. The Morgan fingerprint density at radius 1 is 1.11 bits per heavy atom. The lowest BCUT2D eigenvalue weighted by molar-refractivity contribution is -0.113. The fourth-order valence-electron chi connectivity index (χ4n) is 4.20. The Morgan fingerprint density at radius 3 is 2.68 bits per heavy atom. The van der Waals surface area contributed by atoms with Crippen molar-refractivity contribution >= 4 is 23.4 Å². The molecule has 3 heterocycles. The number of methoxy groups -OCH3 is 1. The van der Waals surface area contributed by atoms with Crippen molar-refractivity contribution < 1.29 is 19.4 Å². The van der Waals surface area contributed by atoms with Crippen molar-refractivity contribution in [3.8, 4) is 28.8 Å². The van der Waals surface area contributed by atoms with Crippen LogP contribution in [0.15, 0.2) is 59.8 Å². The summed E-state index contributed by atoms with van der Waals surface area (Å²) in [5.74, 6) is 2.08. The Bertz CT molecular complexity index is 1490. The number of nitrogens with one attached hydrogen (secondary N) is 1. The zero-order chi connectivity index (χ0) is 25.9. The Balaban J connectivity index is 1.52. The van der Waals surface area contributed by atoms with E-state index >= 15 is 0 Å². The van der Waals surface area contributed by atoms with E-state index in [9.17, 15) is 9.90 Å². The maximum Gasteiger partial charge on any atom is 0.234 e. The Hall–Kier alpha value is -3.95. The molecule has 188 valence electrons. The SMILES string of the molecule is COc1ccccc1-c1nc2c(c(SCC(=O)Nc3ccccc3C)n1)Cc1c(CO)cnc(C)c1O2. The van der Waals surface area contributed by atoms with E-state index in [2.05, 4.69) is 10.3 Å². The number of carbonyl (C=O) groups excluding carboxylic acids is 1. The van der Waals surface area contributed by atoms with Gasteiger partial charge >= 0.3 is 0 Å². The standard InChI is InChI=1S/C28H26N4O4S/c1-16-8-4-6-10-22(16)30-24(34)15-37-28-21-12-20-18(14-33)13-29-17(2)25(20)36-27(21)31-26(32-28)19-9-5-7-11-23(19)35-3/h4-11,13,33H,12,14-15H2,1-3H3,(H,30,34). The lowest BCUT2D eigenvalue weighted by Crippen LogP contribution is -2.16. The van der Waals surface area contributed by atoms with Gasteiger partial charge in [-0.15, -0.1) is 0 Å². The molecule has 1 aliphatic rings. The zero-order valence-corrected chi connectivity index (χ0v) is 21.6. The van der Waals surface area contributed by atoms with Gasteiger partial charge in [-0.25, -0.2) is 4.98 Å². The smallest absolute Gasteiger partial charge is 0.234 e. The fourth-order valence-corrected chi connectivity index (χ4v) is 5.02. The minimum atomic E-state index is -0.157. The summed E-state index contributed by atoms with van der Waals surface area (Å²) in [5, 5.41) is 13.5. The van der Waals surface area contributed by atoms with Crippen LogP contribution in [0.1, 0.15) is 27.9 Å². The van der Waals surface area contributed by atoms with Crippen LogP contribution in [0, 0.1) is 13.8 Å². The van der Waals surface area contributed by atoms with Gasteiger partial charge in [-0.3, -0.25) is 9.78 Å². The zero-order valence-electron chi connectivity index (χ0n) is 20.7. The number of fused-ring (bicyclic) bond motifs is 2. The molecule has 0 unspecified atom stereocenters. The second-order valence-electron chi connectivity index (χ2n) is 8.60. The van der Waals surface area contributed by atoms with E-state index < -0.39 is 0 Å². The molecule has 2 aromatic carbocycles. The molecule has 1 aliphatic heterocycles. The van der Waals surface area contributed by atoms with Gasteiger partial charge < -0.3 is 19.9 Å². The van der Waals surface area contributed by atoms with Crippen LogP contribution in [0.4, 0.5) is 5.69 Å². The van der Waals surface area contributed by atoms with Crippen LogP contribution in [-0.4, -0.2) is 38.8 Å². The number of carbonyl (C=O) groups is 1. The molecule has 0 aliphatic carbocycles. The maximum atomic E-state index is 12.8. The number of aryl methyl sites for hydroxylation is 2. The quantitative estimate of drug-likeness (QED) is 0.229. The molecule has 9 heteroatoms. The summed E-state index contributed by atoms with van der Waals surface area (Å²) in [6.45, 7) is 3.65. The summed E-state index contributed by atoms with van der Waals surface area (Å²) in [4.78, 5) is 26.8. The van der Waals surface area contributed by atoms with Crippen LogP contribution >= 0.6 is 11.8 Å². The third-order valence-electron chi connectivity index (χ3n) is 6.17. The first kappa shape index (κ1) is 24.7. The molecule has 37 heavy (non-hydrogen) atoms. The molecule has 0 atom stereocenters. The second kappa shape index (κ2) is 10.6. The molecular formula is C28H26N4O4S. The number of pyridine rings is 1. The predicted molar refractivity (Wildman–Crippen MR) is 142 cm³/mol. The number of para-hydroxylation sites is 2. The molecule has 2 aromatic heterocycles. The summed E-state index contributed by atoms with van der Waals surface area (Å²) >= 11 is 1.32. The van der Waals surface area contributed by atoms with E-state index in [0.29, 0.717) is 51.5 Å². The average molecular weight is 515 g/mol. The first-order valence-electron chi connectivity index (χ1n) is 11.8. The molecule has 5 rings (SSSR count). The van der Waals surface area contributed by atoms with Crippen LogP contribution < -0.4 is 14.8 Å². The molecule has 0 radical (unpaired) electrons. The Labute approximate surface area is 219 Å². The van der Waals surface area contributed by atoms with Gasteiger partial charge in [-0.1, -0.05) is 42.1 Å². The van der Waals surface area contributed by atoms with Gasteiger partial charge in [0, 0.05) is 29.4 Å². The highest BCUT2D eigenvalue weighted by atomic mass is 32.2. The number of thioether (sulfide) groups is 1. The van der Waals surface area contributed by atoms with Crippen LogP contribution in [0.5, 0.6) is 17.4 Å². The first-order valence-corrected chi connectivity index (χ1v) is 12.8. The van der Waals surface area contributed by atoms with E-state index in [-0.39, 0.29) is 18.3 Å². The van der Waals surface area contributed by atoms with Crippen molar-refractivity contribution in [3.63, 3.8) is 0 Å². The molecule has 0 spiro atoms. The molecule has 4 aromatic rings. The van der Waals surface area contributed by atoms with Crippen LogP contribution in [-0.2, 0) is 17.8 Å². The molecular weight excluding hydrogens is 488 g/mol. The van der Waals surface area contributed by atoms with Crippen LogP contribution in [0.3, 0.4) is 0 Å². The normalized spacial score (nSPS) is 11.8. The fraction of sp³-hybridized carbons (Fsp3) is 0.214. The lowest BCUT2D eigenvalue weighted by atomic mass is 9.99. The number of aliphatic hydroxyl groups is 1. The summed E-state index contributed by atoms with van der Waals surface area (Å²) < 4.78 is 11.8. The minimum Gasteiger partial charge on any atom is -0.496 e. The van der Waals surface area contributed by atoms with Gasteiger partial charge in [-0.05, 0) is 37.6 Å². The number of amides is 1. The van der Waals surface area contributed by atoms with Crippen molar-refractivity contribution in [3.05, 3.63) is 82.7 Å². The van der Waals surface area contributed by atoms with Crippen molar-refractivity contribution in [2.24, 2.45) is 0 Å². The van der Waals surface area contributed by atoms with Gasteiger partial charge in [0.25, 0.3) is 0 Å².